The Morgan fingerprint density at radius 2 is 2.05 bits per heavy atom. The van der Waals surface area contributed by atoms with Crippen molar-refractivity contribution in [2.45, 2.75) is 58.3 Å². The van der Waals surface area contributed by atoms with Crippen LogP contribution in [0.15, 0.2) is 16.5 Å². The average molecular weight is 286 g/mol. The highest BCUT2D eigenvalue weighted by Gasteiger charge is 2.49. The van der Waals surface area contributed by atoms with E-state index in [4.69, 9.17) is 20.8 Å². The fourth-order valence-corrected chi connectivity index (χ4v) is 3.43. The first-order valence-electron chi connectivity index (χ1n) is 6.94. The first-order chi connectivity index (χ1) is 8.75. The van der Waals surface area contributed by atoms with Gasteiger partial charge >= 0.3 is 0 Å². The molecule has 0 saturated carbocycles. The fraction of sp³-hybridized carbons (Fsp3) is 0.733. The third-order valence-corrected chi connectivity index (χ3v) is 4.07. The van der Waals surface area contributed by atoms with E-state index in [1.807, 2.05) is 6.07 Å². The summed E-state index contributed by atoms with van der Waals surface area (Å²) in [5, 5.41) is 3.95. The van der Waals surface area contributed by atoms with Crippen molar-refractivity contribution in [3.63, 3.8) is 0 Å². The van der Waals surface area contributed by atoms with Crippen molar-refractivity contribution >= 4 is 11.6 Å². The van der Waals surface area contributed by atoms with E-state index >= 15 is 0 Å². The molecule has 3 nitrogen and oxygen atoms in total. The summed E-state index contributed by atoms with van der Waals surface area (Å²) in [7, 11) is 0. The van der Waals surface area contributed by atoms with Gasteiger partial charge in [0.15, 0.2) is 5.22 Å². The number of hydrogen-bond acceptors (Lipinski definition) is 3. The molecule has 4 heteroatoms. The largest absolute Gasteiger partial charge is 0.448 e. The standard InChI is InChI=1S/C15H24ClNO2/c1-6-17-13(11-7-8-12(16)18-11)10-9-14(2,3)19-15(10,4)5/h7-8,10,13,17H,6,9H2,1-5H3. The van der Waals surface area contributed by atoms with Crippen molar-refractivity contribution in [2.24, 2.45) is 5.92 Å². The second kappa shape index (κ2) is 5.12. The third-order valence-electron chi connectivity index (χ3n) is 3.87. The van der Waals surface area contributed by atoms with Gasteiger partial charge in [0.1, 0.15) is 5.76 Å². The number of ether oxygens (including phenoxy) is 1. The van der Waals surface area contributed by atoms with Gasteiger partial charge in [-0.2, -0.15) is 0 Å². The van der Waals surface area contributed by atoms with Gasteiger partial charge in [-0.05, 0) is 64.4 Å². The Kier molecular flexibility index (Phi) is 4.01. The van der Waals surface area contributed by atoms with Crippen LogP contribution in [0.4, 0.5) is 0 Å². The van der Waals surface area contributed by atoms with E-state index in [0.29, 0.717) is 11.1 Å². The number of hydrogen-bond donors (Lipinski definition) is 1. The molecule has 2 rings (SSSR count). The number of halogens is 1. The smallest absolute Gasteiger partial charge is 0.193 e. The summed E-state index contributed by atoms with van der Waals surface area (Å²) in [6.07, 6.45) is 0.996. The molecule has 0 aromatic carbocycles. The summed E-state index contributed by atoms with van der Waals surface area (Å²) in [5.41, 5.74) is -0.284. The van der Waals surface area contributed by atoms with Crippen LogP contribution >= 0.6 is 11.6 Å². The summed E-state index contributed by atoms with van der Waals surface area (Å²) >= 11 is 5.91. The first-order valence-corrected chi connectivity index (χ1v) is 7.32. The van der Waals surface area contributed by atoms with Crippen LogP contribution in [0.2, 0.25) is 5.22 Å². The zero-order chi connectivity index (χ0) is 14.3. The molecule has 0 bridgehead atoms. The maximum atomic E-state index is 6.19. The molecule has 1 fully saturated rings. The van der Waals surface area contributed by atoms with Crippen molar-refractivity contribution in [3.8, 4) is 0 Å². The normalized spacial score (nSPS) is 26.5. The molecule has 2 atom stereocenters. The Balaban J connectivity index is 2.29. The Morgan fingerprint density at radius 3 is 2.47 bits per heavy atom. The Morgan fingerprint density at radius 1 is 1.37 bits per heavy atom. The Bertz CT molecular complexity index is 439. The van der Waals surface area contributed by atoms with Gasteiger partial charge in [0.2, 0.25) is 0 Å². The maximum Gasteiger partial charge on any atom is 0.193 e. The van der Waals surface area contributed by atoms with Crippen molar-refractivity contribution in [1.82, 2.24) is 5.32 Å². The number of rotatable bonds is 4. The molecule has 1 aliphatic rings. The van der Waals surface area contributed by atoms with E-state index in [9.17, 15) is 0 Å². The Hall–Kier alpha value is -0.510. The monoisotopic (exact) mass is 285 g/mol. The molecule has 0 amide bonds. The van der Waals surface area contributed by atoms with Crippen molar-refractivity contribution in [3.05, 3.63) is 23.1 Å². The van der Waals surface area contributed by atoms with Crippen LogP contribution in [0.1, 0.15) is 52.8 Å². The molecular formula is C15H24ClNO2. The van der Waals surface area contributed by atoms with E-state index in [1.165, 1.54) is 0 Å². The van der Waals surface area contributed by atoms with Crippen molar-refractivity contribution in [2.75, 3.05) is 6.54 Å². The molecule has 1 aliphatic heterocycles. The van der Waals surface area contributed by atoms with Gasteiger partial charge in [0.05, 0.1) is 17.2 Å². The van der Waals surface area contributed by atoms with Gasteiger partial charge in [-0.3, -0.25) is 0 Å². The predicted molar refractivity (Wildman–Crippen MR) is 77.5 cm³/mol. The van der Waals surface area contributed by atoms with Gasteiger partial charge in [-0.1, -0.05) is 6.92 Å². The molecule has 2 heterocycles. The highest BCUT2D eigenvalue weighted by atomic mass is 35.5. The molecule has 0 aliphatic carbocycles. The molecule has 1 saturated heterocycles. The lowest BCUT2D eigenvalue weighted by Crippen LogP contribution is -2.38. The molecule has 19 heavy (non-hydrogen) atoms. The fourth-order valence-electron chi connectivity index (χ4n) is 3.28. The molecule has 2 unspecified atom stereocenters. The highest BCUT2D eigenvalue weighted by molar-refractivity contribution is 6.28. The lowest BCUT2D eigenvalue weighted by molar-refractivity contribution is -0.0784. The van der Waals surface area contributed by atoms with Crippen LogP contribution in [-0.4, -0.2) is 17.7 Å². The van der Waals surface area contributed by atoms with E-state index in [-0.39, 0.29) is 17.2 Å². The minimum absolute atomic E-state index is 0.0990. The van der Waals surface area contributed by atoms with Crippen LogP contribution in [-0.2, 0) is 4.74 Å². The van der Waals surface area contributed by atoms with Gasteiger partial charge in [-0.15, -0.1) is 0 Å². The maximum absolute atomic E-state index is 6.19. The lowest BCUT2D eigenvalue weighted by Gasteiger charge is -2.32. The lowest BCUT2D eigenvalue weighted by atomic mass is 9.80. The zero-order valence-corrected chi connectivity index (χ0v) is 13.2. The van der Waals surface area contributed by atoms with Crippen molar-refractivity contribution < 1.29 is 9.15 Å². The summed E-state index contributed by atoms with van der Waals surface area (Å²) in [6.45, 7) is 11.6. The van der Waals surface area contributed by atoms with E-state index in [1.54, 1.807) is 6.07 Å². The second-order valence-electron chi connectivity index (χ2n) is 6.45. The van der Waals surface area contributed by atoms with Crippen molar-refractivity contribution in [1.29, 1.82) is 0 Å². The molecule has 108 valence electrons. The minimum Gasteiger partial charge on any atom is -0.448 e. The quantitative estimate of drug-likeness (QED) is 0.901. The van der Waals surface area contributed by atoms with Gasteiger partial charge in [0, 0.05) is 5.92 Å². The summed E-state index contributed by atoms with van der Waals surface area (Å²) in [5.74, 6) is 1.25. The predicted octanol–water partition coefficient (Wildman–Crippen LogP) is 4.18. The summed E-state index contributed by atoms with van der Waals surface area (Å²) in [4.78, 5) is 0. The van der Waals surface area contributed by atoms with Crippen LogP contribution < -0.4 is 5.32 Å². The zero-order valence-electron chi connectivity index (χ0n) is 12.4. The molecular weight excluding hydrogens is 262 g/mol. The number of nitrogens with one attached hydrogen (secondary N) is 1. The summed E-state index contributed by atoms with van der Waals surface area (Å²) < 4.78 is 11.8. The van der Waals surface area contributed by atoms with E-state index in [2.05, 4.69) is 39.9 Å². The minimum atomic E-state index is -0.185. The van der Waals surface area contributed by atoms with Crippen LogP contribution in [0, 0.1) is 5.92 Å². The Labute approximate surface area is 120 Å². The van der Waals surface area contributed by atoms with E-state index < -0.39 is 0 Å². The van der Waals surface area contributed by atoms with Gasteiger partial charge in [0.25, 0.3) is 0 Å². The average Bonchev–Trinajstić information content (AvgIpc) is 2.76. The molecule has 0 radical (unpaired) electrons. The number of furan rings is 1. The van der Waals surface area contributed by atoms with Gasteiger partial charge < -0.3 is 14.5 Å². The molecule has 1 aromatic heterocycles. The van der Waals surface area contributed by atoms with Gasteiger partial charge in [-0.25, -0.2) is 0 Å². The summed E-state index contributed by atoms with van der Waals surface area (Å²) in [6, 6.07) is 3.89. The highest BCUT2D eigenvalue weighted by Crippen LogP contribution is 2.47. The van der Waals surface area contributed by atoms with Crippen LogP contribution in [0.5, 0.6) is 0 Å². The SMILES string of the molecule is CCNC(c1ccc(Cl)o1)C1CC(C)(C)OC1(C)C. The second-order valence-corrected chi connectivity index (χ2v) is 6.83. The topological polar surface area (TPSA) is 34.4 Å². The van der Waals surface area contributed by atoms with Crippen LogP contribution in [0.25, 0.3) is 0 Å². The molecule has 0 spiro atoms. The molecule has 1 aromatic rings. The third kappa shape index (κ3) is 3.15. The first kappa shape index (κ1) is 14.9. The van der Waals surface area contributed by atoms with E-state index in [0.717, 1.165) is 18.7 Å². The molecule has 1 N–H and O–H groups in total. The van der Waals surface area contributed by atoms with Crippen LogP contribution in [0.3, 0.4) is 0 Å².